The molecule has 0 heterocycles. The van der Waals surface area contributed by atoms with Gasteiger partial charge in [-0.1, -0.05) is 69.8 Å². The zero-order valence-electron chi connectivity index (χ0n) is 24.5. The number of hydrogen-bond donors (Lipinski definition) is 0. The Morgan fingerprint density at radius 3 is 1.97 bits per heavy atom. The standard InChI is InChI=1S/C33H48O4/c1-22(2)12-9-13-23(3)14-10-15-24(4)16-11-17-25(5)18-19-27-26(6)32(34)28-20-30(36-7)31(37-8)21-29(28)33(27)35/h16,18,20-23H,9-15,17,19H2,1-8H3. The Labute approximate surface area is 225 Å². The minimum Gasteiger partial charge on any atom is -0.493 e. The zero-order valence-corrected chi connectivity index (χ0v) is 24.5. The molecule has 1 aromatic rings. The summed E-state index contributed by atoms with van der Waals surface area (Å²) in [6.45, 7) is 13.1. The Morgan fingerprint density at radius 1 is 0.811 bits per heavy atom. The summed E-state index contributed by atoms with van der Waals surface area (Å²) in [5.41, 5.74) is 4.56. The predicted octanol–water partition coefficient (Wildman–Crippen LogP) is 9.09. The van der Waals surface area contributed by atoms with Gasteiger partial charge in [-0.15, -0.1) is 0 Å². The first-order valence-corrected chi connectivity index (χ1v) is 13.9. The third-order valence-electron chi connectivity index (χ3n) is 7.51. The van der Waals surface area contributed by atoms with E-state index in [9.17, 15) is 9.59 Å². The molecule has 0 amide bonds. The van der Waals surface area contributed by atoms with Crippen LogP contribution in [0.3, 0.4) is 0 Å². The van der Waals surface area contributed by atoms with E-state index >= 15 is 0 Å². The van der Waals surface area contributed by atoms with Crippen molar-refractivity contribution in [3.63, 3.8) is 0 Å². The van der Waals surface area contributed by atoms with E-state index in [2.05, 4.69) is 46.8 Å². The molecule has 0 aliphatic heterocycles. The Hall–Kier alpha value is -2.62. The molecule has 0 saturated heterocycles. The van der Waals surface area contributed by atoms with Crippen LogP contribution < -0.4 is 9.47 Å². The average Bonchev–Trinajstić information content (AvgIpc) is 2.86. The second kappa shape index (κ2) is 15.0. The van der Waals surface area contributed by atoms with Crippen LogP contribution in [0.25, 0.3) is 0 Å². The van der Waals surface area contributed by atoms with E-state index in [4.69, 9.17) is 9.47 Å². The lowest BCUT2D eigenvalue weighted by Gasteiger charge is -2.20. The smallest absolute Gasteiger partial charge is 0.190 e. The van der Waals surface area contributed by atoms with Crippen molar-refractivity contribution in [3.05, 3.63) is 57.7 Å². The van der Waals surface area contributed by atoms with Crippen LogP contribution in [0.1, 0.15) is 120 Å². The lowest BCUT2D eigenvalue weighted by Crippen LogP contribution is -2.21. The largest absolute Gasteiger partial charge is 0.493 e. The van der Waals surface area contributed by atoms with Crippen LogP contribution >= 0.6 is 0 Å². The maximum atomic E-state index is 13.2. The highest BCUT2D eigenvalue weighted by Crippen LogP contribution is 2.36. The molecule has 1 atom stereocenters. The Kier molecular flexibility index (Phi) is 12.4. The first-order chi connectivity index (χ1) is 17.6. The fourth-order valence-corrected chi connectivity index (χ4v) is 4.95. The number of carbonyl (C=O) groups is 2. The summed E-state index contributed by atoms with van der Waals surface area (Å²) in [6.07, 6.45) is 14.7. The van der Waals surface area contributed by atoms with E-state index < -0.39 is 0 Å². The summed E-state index contributed by atoms with van der Waals surface area (Å²) < 4.78 is 10.7. The Morgan fingerprint density at radius 2 is 1.38 bits per heavy atom. The summed E-state index contributed by atoms with van der Waals surface area (Å²) in [5, 5.41) is 0. The zero-order chi connectivity index (χ0) is 27.5. The third-order valence-corrected chi connectivity index (χ3v) is 7.51. The van der Waals surface area contributed by atoms with E-state index in [0.29, 0.717) is 40.2 Å². The number of ketones is 2. The topological polar surface area (TPSA) is 52.6 Å². The number of fused-ring (bicyclic) bond motifs is 1. The van der Waals surface area contributed by atoms with Crippen LogP contribution in [-0.2, 0) is 0 Å². The molecule has 1 unspecified atom stereocenters. The van der Waals surface area contributed by atoms with Gasteiger partial charge in [0.2, 0.25) is 0 Å². The van der Waals surface area contributed by atoms with Gasteiger partial charge >= 0.3 is 0 Å². The van der Waals surface area contributed by atoms with E-state index in [0.717, 1.165) is 24.7 Å². The van der Waals surface area contributed by atoms with Crippen LogP contribution in [-0.4, -0.2) is 25.8 Å². The van der Waals surface area contributed by atoms with Gasteiger partial charge in [-0.2, -0.15) is 0 Å². The molecule has 4 heteroatoms. The molecular formula is C33H48O4. The SMILES string of the molecule is COc1cc2c(cc1OC)C(=O)C(CC=C(C)CCC=C(C)CCCC(C)CCCC(C)C)=C(C)C2=O. The lowest BCUT2D eigenvalue weighted by molar-refractivity contribution is 0.0972. The summed E-state index contributed by atoms with van der Waals surface area (Å²) in [7, 11) is 3.05. The van der Waals surface area contributed by atoms with Gasteiger partial charge in [-0.25, -0.2) is 0 Å². The quantitative estimate of drug-likeness (QED) is 0.222. The van der Waals surface area contributed by atoms with E-state index in [1.807, 2.05) is 0 Å². The molecule has 1 aliphatic carbocycles. The molecule has 0 fully saturated rings. The van der Waals surface area contributed by atoms with Gasteiger partial charge in [0.25, 0.3) is 0 Å². The Balaban J connectivity index is 1.89. The summed E-state index contributed by atoms with van der Waals surface area (Å²) in [4.78, 5) is 26.3. The Bertz CT molecular complexity index is 1040. The van der Waals surface area contributed by atoms with Crippen molar-refractivity contribution in [2.24, 2.45) is 11.8 Å². The van der Waals surface area contributed by atoms with Crippen LogP contribution in [0.4, 0.5) is 0 Å². The van der Waals surface area contributed by atoms with Crippen LogP contribution in [0.2, 0.25) is 0 Å². The van der Waals surface area contributed by atoms with Crippen molar-refractivity contribution in [3.8, 4) is 11.5 Å². The molecule has 0 N–H and O–H groups in total. The summed E-state index contributed by atoms with van der Waals surface area (Å²) >= 11 is 0. The molecule has 204 valence electrons. The van der Waals surface area contributed by atoms with Crippen molar-refractivity contribution >= 4 is 11.6 Å². The highest BCUT2D eigenvalue weighted by molar-refractivity contribution is 6.27. The fourth-order valence-electron chi connectivity index (χ4n) is 4.95. The molecule has 0 spiro atoms. The summed E-state index contributed by atoms with van der Waals surface area (Å²) in [6, 6.07) is 3.23. The van der Waals surface area contributed by atoms with Gasteiger partial charge in [0.15, 0.2) is 23.1 Å². The normalized spacial score (nSPS) is 15.4. The molecule has 1 aromatic carbocycles. The highest BCUT2D eigenvalue weighted by atomic mass is 16.5. The monoisotopic (exact) mass is 508 g/mol. The van der Waals surface area contributed by atoms with E-state index in [-0.39, 0.29) is 11.6 Å². The second-order valence-electron chi connectivity index (χ2n) is 11.2. The maximum absolute atomic E-state index is 13.2. The van der Waals surface area contributed by atoms with Crippen molar-refractivity contribution in [1.82, 2.24) is 0 Å². The lowest BCUT2D eigenvalue weighted by atomic mass is 9.82. The molecule has 37 heavy (non-hydrogen) atoms. The fraction of sp³-hybridized carbons (Fsp3) is 0.576. The van der Waals surface area contributed by atoms with Crippen LogP contribution in [0, 0.1) is 11.8 Å². The third kappa shape index (κ3) is 9.02. The number of rotatable bonds is 15. The number of hydrogen-bond acceptors (Lipinski definition) is 4. The molecule has 0 bridgehead atoms. The highest BCUT2D eigenvalue weighted by Gasteiger charge is 2.31. The second-order valence-corrected chi connectivity index (χ2v) is 11.2. The van der Waals surface area contributed by atoms with Crippen molar-refractivity contribution in [1.29, 1.82) is 0 Å². The summed E-state index contributed by atoms with van der Waals surface area (Å²) in [5.74, 6) is 2.31. The van der Waals surface area contributed by atoms with Crippen LogP contribution in [0.15, 0.2) is 46.6 Å². The van der Waals surface area contributed by atoms with Crippen LogP contribution in [0.5, 0.6) is 11.5 Å². The van der Waals surface area contributed by atoms with Gasteiger partial charge in [0.1, 0.15) is 0 Å². The van der Waals surface area contributed by atoms with Crippen molar-refractivity contribution in [2.45, 2.75) is 99.3 Å². The van der Waals surface area contributed by atoms with E-state index in [1.54, 1.807) is 19.1 Å². The molecular weight excluding hydrogens is 460 g/mol. The van der Waals surface area contributed by atoms with Gasteiger partial charge in [-0.05, 0) is 76.8 Å². The molecule has 0 saturated carbocycles. The molecule has 0 radical (unpaired) electrons. The van der Waals surface area contributed by atoms with Crippen molar-refractivity contribution in [2.75, 3.05) is 14.2 Å². The number of Topliss-reactive ketones (excluding diaryl/α,β-unsaturated/α-hetero) is 2. The van der Waals surface area contributed by atoms with E-state index in [1.165, 1.54) is 63.9 Å². The van der Waals surface area contributed by atoms with Gasteiger partial charge in [0.05, 0.1) is 14.2 Å². The molecule has 2 rings (SSSR count). The molecule has 0 aromatic heterocycles. The van der Waals surface area contributed by atoms with Crippen molar-refractivity contribution < 1.29 is 19.1 Å². The van der Waals surface area contributed by atoms with Gasteiger partial charge < -0.3 is 9.47 Å². The number of ether oxygens (including phenoxy) is 2. The average molecular weight is 509 g/mol. The molecule has 4 nitrogen and oxygen atoms in total. The first-order valence-electron chi connectivity index (χ1n) is 13.9. The number of methoxy groups -OCH3 is 2. The predicted molar refractivity (Wildman–Crippen MR) is 154 cm³/mol. The number of carbonyl (C=O) groups excluding carboxylic acids is 2. The minimum atomic E-state index is -0.121. The van der Waals surface area contributed by atoms with Gasteiger partial charge in [-0.3, -0.25) is 9.59 Å². The number of allylic oxidation sites excluding steroid dienone is 6. The van der Waals surface area contributed by atoms with Gasteiger partial charge in [0, 0.05) is 22.3 Å². The first kappa shape index (κ1) is 30.6. The molecule has 1 aliphatic rings. The number of benzene rings is 1. The minimum absolute atomic E-state index is 0.105. The maximum Gasteiger partial charge on any atom is 0.190 e.